The third kappa shape index (κ3) is 3.77. The van der Waals surface area contributed by atoms with Gasteiger partial charge in [0.1, 0.15) is 0 Å². The molecule has 4 nitrogen and oxygen atoms in total. The summed E-state index contributed by atoms with van der Waals surface area (Å²) < 4.78 is 0. The molecule has 4 heteroatoms. The van der Waals surface area contributed by atoms with E-state index in [1.54, 1.807) is 4.90 Å². The first-order chi connectivity index (χ1) is 11.2. The van der Waals surface area contributed by atoms with Crippen LogP contribution in [0, 0.1) is 5.92 Å². The van der Waals surface area contributed by atoms with Gasteiger partial charge in [0.25, 0.3) is 0 Å². The Kier molecular flexibility index (Phi) is 4.71. The zero-order valence-electron chi connectivity index (χ0n) is 12.9. The highest BCUT2D eigenvalue weighted by atomic mass is 16.2. The molecule has 23 heavy (non-hydrogen) atoms. The van der Waals surface area contributed by atoms with Gasteiger partial charge in [0, 0.05) is 25.2 Å². The van der Waals surface area contributed by atoms with Crippen LogP contribution >= 0.6 is 0 Å². The van der Waals surface area contributed by atoms with E-state index < -0.39 is 0 Å². The SMILES string of the molecule is O=C(NCCc1ccccc1)[C@H]1CC(=O)N(c2ccccc2)C1. The van der Waals surface area contributed by atoms with E-state index in [2.05, 4.69) is 5.32 Å². The molecule has 118 valence electrons. The lowest BCUT2D eigenvalue weighted by Crippen LogP contribution is -2.34. The fraction of sp³-hybridized carbons (Fsp3) is 0.263. The molecular formula is C19H20N2O2. The van der Waals surface area contributed by atoms with Crippen molar-refractivity contribution in [3.63, 3.8) is 0 Å². The Labute approximate surface area is 136 Å². The first-order valence-electron chi connectivity index (χ1n) is 7.91. The van der Waals surface area contributed by atoms with Gasteiger partial charge in [0.15, 0.2) is 0 Å². The maximum absolute atomic E-state index is 12.3. The Bertz CT molecular complexity index is 670. The number of hydrogen-bond acceptors (Lipinski definition) is 2. The van der Waals surface area contributed by atoms with Gasteiger partial charge in [-0.05, 0) is 24.1 Å². The maximum atomic E-state index is 12.3. The second-order valence-corrected chi connectivity index (χ2v) is 5.77. The monoisotopic (exact) mass is 308 g/mol. The van der Waals surface area contributed by atoms with Crippen LogP contribution in [0.1, 0.15) is 12.0 Å². The van der Waals surface area contributed by atoms with Crippen LogP contribution in [0.3, 0.4) is 0 Å². The van der Waals surface area contributed by atoms with Crippen LogP contribution in [-0.2, 0) is 16.0 Å². The molecule has 1 aliphatic rings. The summed E-state index contributed by atoms with van der Waals surface area (Å²) in [5.41, 5.74) is 2.05. The number of nitrogens with zero attached hydrogens (tertiary/aromatic N) is 1. The average Bonchev–Trinajstić information content (AvgIpc) is 2.98. The normalized spacial score (nSPS) is 17.3. The summed E-state index contributed by atoms with van der Waals surface area (Å²) in [7, 11) is 0. The zero-order valence-corrected chi connectivity index (χ0v) is 12.9. The van der Waals surface area contributed by atoms with Crippen LogP contribution in [0.15, 0.2) is 60.7 Å². The molecule has 0 bridgehead atoms. The number of rotatable bonds is 5. The van der Waals surface area contributed by atoms with Gasteiger partial charge in [-0.3, -0.25) is 9.59 Å². The second kappa shape index (κ2) is 7.09. The number of carbonyl (C=O) groups is 2. The van der Waals surface area contributed by atoms with Crippen molar-refractivity contribution in [3.8, 4) is 0 Å². The highest BCUT2D eigenvalue weighted by molar-refractivity contribution is 6.00. The standard InChI is InChI=1S/C19H20N2O2/c22-18-13-16(14-21(18)17-9-5-2-6-10-17)19(23)20-12-11-15-7-3-1-4-8-15/h1-10,16H,11-14H2,(H,20,23)/t16-/m0/s1. The zero-order chi connectivity index (χ0) is 16.1. The Morgan fingerprint density at radius 2 is 1.70 bits per heavy atom. The molecule has 1 atom stereocenters. The Balaban J connectivity index is 1.52. The fourth-order valence-electron chi connectivity index (χ4n) is 2.86. The van der Waals surface area contributed by atoms with Gasteiger partial charge in [-0.2, -0.15) is 0 Å². The molecule has 0 radical (unpaired) electrons. The van der Waals surface area contributed by atoms with Crippen LogP contribution < -0.4 is 10.2 Å². The van der Waals surface area contributed by atoms with Crippen LogP contribution in [0.2, 0.25) is 0 Å². The van der Waals surface area contributed by atoms with E-state index in [1.165, 1.54) is 5.56 Å². The number of carbonyl (C=O) groups excluding carboxylic acids is 2. The number of nitrogens with one attached hydrogen (secondary N) is 1. The molecule has 1 N–H and O–H groups in total. The summed E-state index contributed by atoms with van der Waals surface area (Å²) in [5.74, 6) is -0.286. The number of hydrogen-bond donors (Lipinski definition) is 1. The Hall–Kier alpha value is -2.62. The van der Waals surface area contributed by atoms with Gasteiger partial charge in [0.05, 0.1) is 5.92 Å². The van der Waals surface area contributed by atoms with Crippen molar-refractivity contribution in [1.29, 1.82) is 0 Å². The van der Waals surface area contributed by atoms with Crippen LogP contribution in [0.4, 0.5) is 5.69 Å². The first kappa shape index (κ1) is 15.3. The van der Waals surface area contributed by atoms with Crippen molar-refractivity contribution in [2.45, 2.75) is 12.8 Å². The smallest absolute Gasteiger partial charge is 0.227 e. The number of para-hydroxylation sites is 1. The van der Waals surface area contributed by atoms with Gasteiger partial charge < -0.3 is 10.2 Å². The lowest BCUT2D eigenvalue weighted by atomic mass is 10.1. The molecule has 1 heterocycles. The van der Waals surface area contributed by atoms with E-state index in [1.807, 2.05) is 60.7 Å². The summed E-state index contributed by atoms with van der Waals surface area (Å²) in [4.78, 5) is 26.1. The third-order valence-electron chi connectivity index (χ3n) is 4.12. The molecule has 0 aliphatic carbocycles. The molecule has 1 fully saturated rings. The quantitative estimate of drug-likeness (QED) is 0.922. The average molecular weight is 308 g/mol. The Morgan fingerprint density at radius 1 is 1.04 bits per heavy atom. The molecule has 3 rings (SSSR count). The molecule has 2 aromatic carbocycles. The van der Waals surface area contributed by atoms with Crippen molar-refractivity contribution in [1.82, 2.24) is 5.32 Å². The minimum atomic E-state index is -0.265. The molecule has 1 aliphatic heterocycles. The van der Waals surface area contributed by atoms with Crippen LogP contribution in [-0.4, -0.2) is 24.9 Å². The number of anilines is 1. The second-order valence-electron chi connectivity index (χ2n) is 5.77. The highest BCUT2D eigenvalue weighted by Gasteiger charge is 2.34. The molecule has 0 saturated carbocycles. The molecule has 1 saturated heterocycles. The van der Waals surface area contributed by atoms with Gasteiger partial charge in [-0.1, -0.05) is 48.5 Å². The number of amides is 2. The minimum Gasteiger partial charge on any atom is -0.355 e. The van der Waals surface area contributed by atoms with E-state index in [9.17, 15) is 9.59 Å². The fourth-order valence-corrected chi connectivity index (χ4v) is 2.86. The van der Waals surface area contributed by atoms with Crippen LogP contribution in [0.5, 0.6) is 0 Å². The maximum Gasteiger partial charge on any atom is 0.227 e. The first-order valence-corrected chi connectivity index (χ1v) is 7.91. The lowest BCUT2D eigenvalue weighted by Gasteiger charge is -2.16. The van der Waals surface area contributed by atoms with E-state index in [0.717, 1.165) is 12.1 Å². The van der Waals surface area contributed by atoms with Crippen LogP contribution in [0.25, 0.3) is 0 Å². The number of benzene rings is 2. The summed E-state index contributed by atoms with van der Waals surface area (Å²) in [6.07, 6.45) is 1.09. The molecule has 0 spiro atoms. The van der Waals surface area contributed by atoms with Crippen molar-refractivity contribution >= 4 is 17.5 Å². The van der Waals surface area contributed by atoms with E-state index in [4.69, 9.17) is 0 Å². The topological polar surface area (TPSA) is 49.4 Å². The minimum absolute atomic E-state index is 0.0133. The third-order valence-corrected chi connectivity index (χ3v) is 4.12. The molecule has 0 unspecified atom stereocenters. The Morgan fingerprint density at radius 3 is 2.39 bits per heavy atom. The van der Waals surface area contributed by atoms with Crippen molar-refractivity contribution in [3.05, 3.63) is 66.2 Å². The summed E-state index contributed by atoms with van der Waals surface area (Å²) >= 11 is 0. The van der Waals surface area contributed by atoms with E-state index in [-0.39, 0.29) is 24.2 Å². The predicted octanol–water partition coefficient (Wildman–Crippen LogP) is 2.40. The highest BCUT2D eigenvalue weighted by Crippen LogP contribution is 2.24. The summed E-state index contributed by atoms with van der Waals surface area (Å²) in [6.45, 7) is 1.05. The lowest BCUT2D eigenvalue weighted by molar-refractivity contribution is -0.126. The summed E-state index contributed by atoms with van der Waals surface area (Å²) in [5, 5.41) is 2.95. The molecular weight excluding hydrogens is 288 g/mol. The van der Waals surface area contributed by atoms with Gasteiger partial charge in [-0.25, -0.2) is 0 Å². The molecule has 2 aromatic rings. The van der Waals surface area contributed by atoms with Crippen molar-refractivity contribution in [2.75, 3.05) is 18.0 Å². The van der Waals surface area contributed by atoms with Crippen molar-refractivity contribution < 1.29 is 9.59 Å². The van der Waals surface area contributed by atoms with Gasteiger partial charge in [0.2, 0.25) is 11.8 Å². The van der Waals surface area contributed by atoms with E-state index in [0.29, 0.717) is 13.1 Å². The summed E-state index contributed by atoms with van der Waals surface area (Å²) in [6, 6.07) is 19.6. The van der Waals surface area contributed by atoms with Crippen molar-refractivity contribution in [2.24, 2.45) is 5.92 Å². The molecule has 0 aromatic heterocycles. The molecule has 2 amide bonds. The predicted molar refractivity (Wildman–Crippen MR) is 90.1 cm³/mol. The van der Waals surface area contributed by atoms with E-state index >= 15 is 0 Å². The van der Waals surface area contributed by atoms with Gasteiger partial charge in [-0.15, -0.1) is 0 Å². The van der Waals surface area contributed by atoms with Gasteiger partial charge >= 0.3 is 0 Å². The largest absolute Gasteiger partial charge is 0.355 e.